The van der Waals surface area contributed by atoms with Crippen LogP contribution in [0.1, 0.15) is 33.8 Å². The number of ether oxygens (including phenoxy) is 1. The van der Waals surface area contributed by atoms with Gasteiger partial charge in [-0.2, -0.15) is 0 Å². The average molecular weight is 266 g/mol. The molecule has 0 spiro atoms. The molecule has 0 aromatic heterocycles. The van der Waals surface area contributed by atoms with Gasteiger partial charge in [0.2, 0.25) is 0 Å². The van der Waals surface area contributed by atoms with E-state index < -0.39 is 0 Å². The number of hydrogen-bond acceptors (Lipinski definition) is 2. The third-order valence-electron chi connectivity index (χ3n) is 4.09. The van der Waals surface area contributed by atoms with Crippen LogP contribution in [0.25, 0.3) is 0 Å². The highest BCUT2D eigenvalue weighted by Gasteiger charge is 2.39. The summed E-state index contributed by atoms with van der Waals surface area (Å²) in [5.74, 6) is 0.413. The Morgan fingerprint density at radius 1 is 1.00 bits per heavy atom. The fourth-order valence-electron chi connectivity index (χ4n) is 3.18. The number of hydrogen-bond donors (Lipinski definition) is 0. The first-order valence-corrected chi connectivity index (χ1v) is 7.00. The topological polar surface area (TPSA) is 26.3 Å². The third-order valence-corrected chi connectivity index (χ3v) is 4.09. The predicted molar refractivity (Wildman–Crippen MR) is 79.0 cm³/mol. The molecular formula is C18H18O2. The van der Waals surface area contributed by atoms with Crippen molar-refractivity contribution in [3.05, 3.63) is 71.3 Å². The van der Waals surface area contributed by atoms with Crippen molar-refractivity contribution < 1.29 is 9.53 Å². The molecule has 0 saturated heterocycles. The van der Waals surface area contributed by atoms with Gasteiger partial charge in [-0.3, -0.25) is 4.79 Å². The Labute approximate surface area is 119 Å². The van der Waals surface area contributed by atoms with Crippen molar-refractivity contribution in [3.63, 3.8) is 0 Å². The molecule has 0 amide bonds. The summed E-state index contributed by atoms with van der Waals surface area (Å²) in [5, 5.41) is 0. The highest BCUT2D eigenvalue weighted by Crippen LogP contribution is 2.43. The number of ketones is 1. The van der Waals surface area contributed by atoms with Gasteiger partial charge in [-0.05, 0) is 17.5 Å². The van der Waals surface area contributed by atoms with Gasteiger partial charge in [-0.1, -0.05) is 54.6 Å². The summed E-state index contributed by atoms with van der Waals surface area (Å²) in [7, 11) is 1.68. The summed E-state index contributed by atoms with van der Waals surface area (Å²) in [6.45, 7) is 0.619. The van der Waals surface area contributed by atoms with Crippen LogP contribution in [0.2, 0.25) is 0 Å². The molecule has 20 heavy (non-hydrogen) atoms. The second kappa shape index (κ2) is 5.59. The first kappa shape index (κ1) is 13.1. The van der Waals surface area contributed by atoms with Crippen molar-refractivity contribution in [1.29, 1.82) is 0 Å². The van der Waals surface area contributed by atoms with Gasteiger partial charge in [-0.25, -0.2) is 0 Å². The Bertz CT molecular complexity index is 604. The molecule has 2 heteroatoms. The number of methoxy groups -OCH3 is 1. The Morgan fingerprint density at radius 3 is 2.45 bits per heavy atom. The number of carbonyl (C=O) groups excluding carboxylic acids is 1. The smallest absolute Gasteiger partial charge is 0.167 e. The number of fused-ring (bicyclic) bond motifs is 1. The van der Waals surface area contributed by atoms with Crippen LogP contribution in [0.15, 0.2) is 54.6 Å². The van der Waals surface area contributed by atoms with Gasteiger partial charge >= 0.3 is 0 Å². The van der Waals surface area contributed by atoms with E-state index in [4.69, 9.17) is 4.74 Å². The second-order valence-electron chi connectivity index (χ2n) is 5.23. The van der Waals surface area contributed by atoms with Crippen molar-refractivity contribution in [2.75, 3.05) is 13.7 Å². The maximum Gasteiger partial charge on any atom is 0.167 e. The van der Waals surface area contributed by atoms with E-state index in [9.17, 15) is 4.79 Å². The summed E-state index contributed by atoms with van der Waals surface area (Å²) in [4.78, 5) is 12.6. The highest BCUT2D eigenvalue weighted by atomic mass is 16.5. The average Bonchev–Trinajstić information content (AvgIpc) is 2.79. The highest BCUT2D eigenvalue weighted by molar-refractivity contribution is 6.03. The number of benzene rings is 2. The van der Waals surface area contributed by atoms with Gasteiger partial charge in [0.15, 0.2) is 5.78 Å². The minimum atomic E-state index is -0.00486. The van der Waals surface area contributed by atoms with Crippen LogP contribution in [0, 0.1) is 5.92 Å². The van der Waals surface area contributed by atoms with Crippen molar-refractivity contribution in [1.82, 2.24) is 0 Å². The van der Waals surface area contributed by atoms with Crippen molar-refractivity contribution >= 4 is 5.78 Å². The molecule has 0 bridgehead atoms. The molecule has 1 aliphatic rings. The summed E-state index contributed by atoms with van der Waals surface area (Å²) >= 11 is 0. The molecule has 102 valence electrons. The van der Waals surface area contributed by atoms with Gasteiger partial charge < -0.3 is 4.74 Å². The Kier molecular flexibility index (Phi) is 3.66. The second-order valence-corrected chi connectivity index (χ2v) is 5.23. The largest absolute Gasteiger partial charge is 0.385 e. The van der Waals surface area contributed by atoms with Crippen LogP contribution in [-0.2, 0) is 4.74 Å². The van der Waals surface area contributed by atoms with Crippen LogP contribution in [0.4, 0.5) is 0 Å². The van der Waals surface area contributed by atoms with Crippen molar-refractivity contribution in [3.8, 4) is 0 Å². The van der Waals surface area contributed by atoms with Gasteiger partial charge in [0.05, 0.1) is 0 Å². The van der Waals surface area contributed by atoms with Crippen LogP contribution < -0.4 is 0 Å². The lowest BCUT2D eigenvalue weighted by Gasteiger charge is -2.19. The molecule has 2 nitrogen and oxygen atoms in total. The Hall–Kier alpha value is -1.93. The lowest BCUT2D eigenvalue weighted by atomic mass is 9.84. The Morgan fingerprint density at radius 2 is 1.70 bits per heavy atom. The normalized spacial score (nSPS) is 20.9. The van der Waals surface area contributed by atoms with Crippen molar-refractivity contribution in [2.45, 2.75) is 12.3 Å². The van der Waals surface area contributed by atoms with Gasteiger partial charge in [0, 0.05) is 31.1 Å². The molecule has 0 radical (unpaired) electrons. The summed E-state index contributed by atoms with van der Waals surface area (Å²) < 4.78 is 5.18. The summed E-state index contributed by atoms with van der Waals surface area (Å²) in [6.07, 6.45) is 0.767. The van der Waals surface area contributed by atoms with E-state index in [-0.39, 0.29) is 17.6 Å². The third kappa shape index (κ3) is 2.16. The lowest BCUT2D eigenvalue weighted by molar-refractivity contribution is 0.0889. The molecule has 0 fully saturated rings. The lowest BCUT2D eigenvalue weighted by Crippen LogP contribution is -2.17. The van der Waals surface area contributed by atoms with E-state index in [0.717, 1.165) is 17.5 Å². The van der Waals surface area contributed by atoms with E-state index in [1.54, 1.807) is 7.11 Å². The molecule has 2 aromatic rings. The van der Waals surface area contributed by atoms with E-state index in [2.05, 4.69) is 18.2 Å². The zero-order chi connectivity index (χ0) is 13.9. The molecular weight excluding hydrogens is 248 g/mol. The fourth-order valence-corrected chi connectivity index (χ4v) is 3.18. The molecule has 0 N–H and O–H groups in total. The van der Waals surface area contributed by atoms with Gasteiger partial charge in [0.25, 0.3) is 0 Å². The number of rotatable bonds is 4. The van der Waals surface area contributed by atoms with Gasteiger partial charge in [-0.15, -0.1) is 0 Å². The molecule has 0 saturated carbocycles. The first-order valence-electron chi connectivity index (χ1n) is 7.00. The predicted octanol–water partition coefficient (Wildman–Crippen LogP) is 3.67. The van der Waals surface area contributed by atoms with E-state index in [1.165, 1.54) is 5.56 Å². The Balaban J connectivity index is 2.05. The quantitative estimate of drug-likeness (QED) is 0.844. The van der Waals surface area contributed by atoms with Crippen LogP contribution in [-0.4, -0.2) is 19.5 Å². The molecule has 1 aliphatic carbocycles. The minimum Gasteiger partial charge on any atom is -0.385 e. The van der Waals surface area contributed by atoms with E-state index in [0.29, 0.717) is 6.61 Å². The molecule has 0 heterocycles. The first-order chi connectivity index (χ1) is 9.83. The zero-order valence-electron chi connectivity index (χ0n) is 11.6. The standard InChI is InChI=1S/C18H18O2/c1-20-12-11-16-17(13-7-3-2-4-8-13)14-9-5-6-10-15(14)18(16)19/h2-10,16-17H,11-12H2,1H3. The molecule has 2 aromatic carbocycles. The van der Waals surface area contributed by atoms with Crippen molar-refractivity contribution in [2.24, 2.45) is 5.92 Å². The van der Waals surface area contributed by atoms with Crippen LogP contribution in [0.3, 0.4) is 0 Å². The maximum atomic E-state index is 12.6. The zero-order valence-corrected chi connectivity index (χ0v) is 11.6. The maximum absolute atomic E-state index is 12.6. The monoisotopic (exact) mass is 266 g/mol. The number of Topliss-reactive ketones (excluding diaryl/α,β-unsaturated/α-hetero) is 1. The molecule has 2 unspecified atom stereocenters. The SMILES string of the molecule is COCCC1C(=O)c2ccccc2C1c1ccccc1. The molecule has 0 aliphatic heterocycles. The van der Waals surface area contributed by atoms with E-state index >= 15 is 0 Å². The molecule has 2 atom stereocenters. The number of carbonyl (C=O) groups is 1. The van der Waals surface area contributed by atoms with Crippen LogP contribution >= 0.6 is 0 Å². The van der Waals surface area contributed by atoms with Crippen LogP contribution in [0.5, 0.6) is 0 Å². The van der Waals surface area contributed by atoms with Gasteiger partial charge in [0.1, 0.15) is 0 Å². The summed E-state index contributed by atoms with van der Waals surface area (Å²) in [5.41, 5.74) is 3.25. The molecule has 3 rings (SSSR count). The fraction of sp³-hybridized carbons (Fsp3) is 0.278. The summed E-state index contributed by atoms with van der Waals surface area (Å²) in [6, 6.07) is 18.3. The minimum absolute atomic E-state index is 0.00486. The van der Waals surface area contributed by atoms with E-state index in [1.807, 2.05) is 36.4 Å².